The number of carbonyl (C=O) groups is 2. The second kappa shape index (κ2) is 6.62. The summed E-state index contributed by atoms with van der Waals surface area (Å²) in [7, 11) is 0. The first kappa shape index (κ1) is 15.4. The first-order valence-corrected chi connectivity index (χ1v) is 7.01. The van der Waals surface area contributed by atoms with E-state index in [4.69, 9.17) is 9.52 Å². The fourth-order valence-corrected chi connectivity index (χ4v) is 2.33. The van der Waals surface area contributed by atoms with Crippen LogP contribution in [-0.2, 0) is 4.79 Å². The Hall–Kier alpha value is -2.02. The molecule has 1 saturated heterocycles. The van der Waals surface area contributed by atoms with Crippen LogP contribution < -0.4 is 5.32 Å². The summed E-state index contributed by atoms with van der Waals surface area (Å²) in [6.45, 7) is 5.97. The lowest BCUT2D eigenvalue weighted by Crippen LogP contribution is -2.52. The zero-order valence-corrected chi connectivity index (χ0v) is 12.3. The lowest BCUT2D eigenvalue weighted by atomic mass is 10.2. The van der Waals surface area contributed by atoms with Crippen molar-refractivity contribution in [3.05, 3.63) is 23.7 Å². The molecule has 2 heterocycles. The van der Waals surface area contributed by atoms with Crippen LogP contribution in [0.2, 0.25) is 0 Å². The SMILES string of the molecule is Cc1ccc(C(C)NC(=O)N2CCN(CC(=O)O)CC2)o1. The average molecular weight is 295 g/mol. The number of furan rings is 1. The molecule has 21 heavy (non-hydrogen) atoms. The van der Waals surface area contributed by atoms with E-state index in [1.165, 1.54) is 0 Å². The smallest absolute Gasteiger partial charge is 0.318 e. The molecule has 0 aromatic carbocycles. The Morgan fingerprint density at radius 3 is 2.52 bits per heavy atom. The molecule has 7 heteroatoms. The molecular weight excluding hydrogens is 274 g/mol. The van der Waals surface area contributed by atoms with Crippen LogP contribution in [-0.4, -0.2) is 59.6 Å². The zero-order chi connectivity index (χ0) is 15.4. The molecule has 0 bridgehead atoms. The van der Waals surface area contributed by atoms with Crippen molar-refractivity contribution in [1.82, 2.24) is 15.1 Å². The van der Waals surface area contributed by atoms with E-state index in [1.54, 1.807) is 4.90 Å². The Kier molecular flexibility index (Phi) is 4.85. The number of nitrogens with one attached hydrogen (secondary N) is 1. The highest BCUT2D eigenvalue weighted by molar-refractivity contribution is 5.74. The maximum atomic E-state index is 12.2. The first-order chi connectivity index (χ1) is 9.95. The van der Waals surface area contributed by atoms with Crippen LogP contribution in [0.4, 0.5) is 4.79 Å². The molecule has 116 valence electrons. The van der Waals surface area contributed by atoms with Gasteiger partial charge in [-0.25, -0.2) is 4.79 Å². The summed E-state index contributed by atoms with van der Waals surface area (Å²) < 4.78 is 5.49. The Labute approximate surface area is 123 Å². The number of hydrogen-bond acceptors (Lipinski definition) is 4. The third kappa shape index (κ3) is 4.22. The molecule has 1 aliphatic heterocycles. The van der Waals surface area contributed by atoms with Crippen LogP contribution in [0.5, 0.6) is 0 Å². The van der Waals surface area contributed by atoms with Crippen molar-refractivity contribution < 1.29 is 19.1 Å². The maximum Gasteiger partial charge on any atom is 0.318 e. The number of carboxylic acids is 1. The molecule has 2 N–H and O–H groups in total. The highest BCUT2D eigenvalue weighted by Gasteiger charge is 2.23. The van der Waals surface area contributed by atoms with Gasteiger partial charge in [-0.05, 0) is 26.0 Å². The number of hydrogen-bond donors (Lipinski definition) is 2. The quantitative estimate of drug-likeness (QED) is 0.867. The second-order valence-electron chi connectivity index (χ2n) is 5.28. The van der Waals surface area contributed by atoms with Gasteiger partial charge in [-0.15, -0.1) is 0 Å². The van der Waals surface area contributed by atoms with E-state index in [9.17, 15) is 9.59 Å². The highest BCUT2D eigenvalue weighted by atomic mass is 16.4. The number of rotatable bonds is 4. The Morgan fingerprint density at radius 2 is 2.00 bits per heavy atom. The Balaban J connectivity index is 1.80. The number of aliphatic carboxylic acids is 1. The number of nitrogens with zero attached hydrogens (tertiary/aromatic N) is 2. The fourth-order valence-electron chi connectivity index (χ4n) is 2.33. The molecule has 1 unspecified atom stereocenters. The van der Waals surface area contributed by atoms with Gasteiger partial charge < -0.3 is 19.7 Å². The third-order valence-electron chi connectivity index (χ3n) is 3.55. The van der Waals surface area contributed by atoms with E-state index in [-0.39, 0.29) is 18.6 Å². The molecule has 2 rings (SSSR count). The molecule has 0 aliphatic carbocycles. The Bertz CT molecular complexity index is 506. The minimum Gasteiger partial charge on any atom is -0.480 e. The van der Waals surface area contributed by atoms with Gasteiger partial charge in [-0.1, -0.05) is 0 Å². The number of urea groups is 1. The fraction of sp³-hybridized carbons (Fsp3) is 0.571. The topological polar surface area (TPSA) is 86.0 Å². The molecule has 1 fully saturated rings. The van der Waals surface area contributed by atoms with Gasteiger partial charge in [0.05, 0.1) is 12.6 Å². The molecule has 1 aromatic rings. The third-order valence-corrected chi connectivity index (χ3v) is 3.55. The molecule has 1 atom stereocenters. The van der Waals surface area contributed by atoms with Gasteiger partial charge in [0.1, 0.15) is 11.5 Å². The first-order valence-electron chi connectivity index (χ1n) is 7.01. The summed E-state index contributed by atoms with van der Waals surface area (Å²) in [5, 5.41) is 11.6. The standard InChI is InChI=1S/C14H21N3O4/c1-10-3-4-12(21-10)11(2)15-14(20)17-7-5-16(6-8-17)9-13(18)19/h3-4,11H,5-9H2,1-2H3,(H,15,20)(H,18,19). The number of carbonyl (C=O) groups excluding carboxylic acids is 1. The normalized spacial score (nSPS) is 17.5. The van der Waals surface area contributed by atoms with E-state index < -0.39 is 5.97 Å². The van der Waals surface area contributed by atoms with E-state index in [1.807, 2.05) is 30.9 Å². The molecule has 1 aromatic heterocycles. The van der Waals surface area contributed by atoms with Gasteiger partial charge in [-0.2, -0.15) is 0 Å². The van der Waals surface area contributed by atoms with Gasteiger partial charge in [0.25, 0.3) is 0 Å². The molecule has 0 saturated carbocycles. The summed E-state index contributed by atoms with van der Waals surface area (Å²) in [6.07, 6.45) is 0. The lowest BCUT2D eigenvalue weighted by molar-refractivity contribution is -0.138. The van der Waals surface area contributed by atoms with E-state index in [2.05, 4.69) is 5.32 Å². The zero-order valence-electron chi connectivity index (χ0n) is 12.3. The van der Waals surface area contributed by atoms with Gasteiger partial charge >= 0.3 is 12.0 Å². The summed E-state index contributed by atoms with van der Waals surface area (Å²) in [4.78, 5) is 26.3. The minimum atomic E-state index is -0.838. The monoisotopic (exact) mass is 295 g/mol. The summed E-state index contributed by atoms with van der Waals surface area (Å²) in [5.74, 6) is 0.702. The van der Waals surface area contributed by atoms with Gasteiger partial charge in [0, 0.05) is 26.2 Å². The van der Waals surface area contributed by atoms with Crippen LogP contribution in [0, 0.1) is 6.92 Å². The number of piperazine rings is 1. The summed E-state index contributed by atoms with van der Waals surface area (Å²) in [5.41, 5.74) is 0. The lowest BCUT2D eigenvalue weighted by Gasteiger charge is -2.34. The largest absolute Gasteiger partial charge is 0.480 e. The highest BCUT2D eigenvalue weighted by Crippen LogP contribution is 2.16. The maximum absolute atomic E-state index is 12.2. The predicted molar refractivity (Wildman–Crippen MR) is 76.0 cm³/mol. The molecule has 1 aliphatic rings. The minimum absolute atomic E-state index is 0.0253. The van der Waals surface area contributed by atoms with Gasteiger partial charge in [0.2, 0.25) is 0 Å². The van der Waals surface area contributed by atoms with Crippen molar-refractivity contribution >= 4 is 12.0 Å². The van der Waals surface area contributed by atoms with Crippen LogP contribution in [0.3, 0.4) is 0 Å². The number of carboxylic acid groups (broad SMARTS) is 1. The van der Waals surface area contributed by atoms with Gasteiger partial charge in [-0.3, -0.25) is 9.69 Å². The number of aryl methyl sites for hydroxylation is 1. The summed E-state index contributed by atoms with van der Waals surface area (Å²) >= 11 is 0. The van der Waals surface area contributed by atoms with Gasteiger partial charge in [0.15, 0.2) is 0 Å². The molecule has 0 radical (unpaired) electrons. The molecule has 7 nitrogen and oxygen atoms in total. The van der Waals surface area contributed by atoms with Crippen LogP contribution in [0.1, 0.15) is 24.5 Å². The molecular formula is C14H21N3O4. The molecule has 2 amide bonds. The van der Waals surface area contributed by atoms with Crippen molar-refractivity contribution in [2.24, 2.45) is 0 Å². The van der Waals surface area contributed by atoms with E-state index in [0.29, 0.717) is 26.2 Å². The van der Waals surface area contributed by atoms with Crippen LogP contribution in [0.15, 0.2) is 16.5 Å². The second-order valence-corrected chi connectivity index (χ2v) is 5.28. The van der Waals surface area contributed by atoms with Crippen molar-refractivity contribution in [2.45, 2.75) is 19.9 Å². The van der Waals surface area contributed by atoms with E-state index >= 15 is 0 Å². The van der Waals surface area contributed by atoms with Crippen molar-refractivity contribution in [3.8, 4) is 0 Å². The van der Waals surface area contributed by atoms with Crippen molar-refractivity contribution in [2.75, 3.05) is 32.7 Å². The van der Waals surface area contributed by atoms with Crippen molar-refractivity contribution in [3.63, 3.8) is 0 Å². The van der Waals surface area contributed by atoms with Crippen LogP contribution in [0.25, 0.3) is 0 Å². The van der Waals surface area contributed by atoms with Crippen molar-refractivity contribution in [1.29, 1.82) is 0 Å². The average Bonchev–Trinajstić information content (AvgIpc) is 2.85. The van der Waals surface area contributed by atoms with E-state index in [0.717, 1.165) is 11.5 Å². The summed E-state index contributed by atoms with van der Waals surface area (Å²) in [6, 6.07) is 3.38. The van der Waals surface area contributed by atoms with Crippen LogP contribution >= 0.6 is 0 Å². The Morgan fingerprint density at radius 1 is 1.33 bits per heavy atom. The molecule has 0 spiro atoms. The predicted octanol–water partition coefficient (Wildman–Crippen LogP) is 1.06. The number of amides is 2.